The second kappa shape index (κ2) is 10.2. The number of anilines is 1. The number of ether oxygens (including phenoxy) is 1. The summed E-state index contributed by atoms with van der Waals surface area (Å²) in [6, 6.07) is 5.56. The van der Waals surface area contributed by atoms with Crippen LogP contribution in [0.2, 0.25) is 0 Å². The first-order chi connectivity index (χ1) is 14.8. The molecule has 0 saturated heterocycles. The third-order valence-electron chi connectivity index (χ3n) is 4.98. The monoisotopic (exact) mass is 446 g/mol. The molecule has 1 aliphatic rings. The minimum atomic E-state index is -0.800. The standard InChI is InChI=1S/C24H35FN4O3/c1-23(2,3)14-19(28-22(31)32-24(4,5)6)21(30)27-18(9-11-26)15-29-12-10-16-13-17(25)7-8-20(16)29/h7-8,13,18-19H,9-10,12,14-15H2,1-6H3,(H,27,30)(H,28,31)/t18-,19?/m0/s1. The second-order valence-corrected chi connectivity index (χ2v) is 10.5. The summed E-state index contributed by atoms with van der Waals surface area (Å²) in [5, 5.41) is 14.9. The number of carbonyl (C=O) groups excluding carboxylic acids is 2. The maximum absolute atomic E-state index is 13.5. The molecule has 32 heavy (non-hydrogen) atoms. The van der Waals surface area contributed by atoms with Crippen LogP contribution in [-0.4, -0.2) is 42.8 Å². The van der Waals surface area contributed by atoms with Crippen LogP contribution >= 0.6 is 0 Å². The molecule has 2 N–H and O–H groups in total. The lowest BCUT2D eigenvalue weighted by molar-refractivity contribution is -0.124. The van der Waals surface area contributed by atoms with Gasteiger partial charge < -0.3 is 20.3 Å². The van der Waals surface area contributed by atoms with E-state index in [1.54, 1.807) is 26.8 Å². The third kappa shape index (κ3) is 8.03. The molecule has 0 spiro atoms. The third-order valence-corrected chi connectivity index (χ3v) is 4.98. The predicted molar refractivity (Wildman–Crippen MR) is 122 cm³/mol. The van der Waals surface area contributed by atoms with Gasteiger partial charge in [-0.05, 0) is 62.8 Å². The van der Waals surface area contributed by atoms with Crippen LogP contribution in [0.5, 0.6) is 0 Å². The topological polar surface area (TPSA) is 94.5 Å². The molecule has 1 heterocycles. The fourth-order valence-corrected chi connectivity index (χ4v) is 3.74. The van der Waals surface area contributed by atoms with E-state index in [9.17, 15) is 19.2 Å². The van der Waals surface area contributed by atoms with E-state index in [1.807, 2.05) is 20.8 Å². The average Bonchev–Trinajstić information content (AvgIpc) is 3.00. The van der Waals surface area contributed by atoms with Gasteiger partial charge in [-0.25, -0.2) is 9.18 Å². The molecule has 2 atom stereocenters. The van der Waals surface area contributed by atoms with E-state index in [-0.39, 0.29) is 23.6 Å². The number of alkyl carbamates (subject to hydrolysis) is 1. The lowest BCUT2D eigenvalue weighted by Crippen LogP contribution is -2.53. The Hall–Kier alpha value is -2.82. The zero-order valence-corrected chi connectivity index (χ0v) is 19.9. The van der Waals surface area contributed by atoms with Crippen molar-refractivity contribution in [1.82, 2.24) is 10.6 Å². The van der Waals surface area contributed by atoms with Crippen LogP contribution in [0.3, 0.4) is 0 Å². The molecule has 0 aliphatic carbocycles. The molecular formula is C24H35FN4O3. The molecule has 8 heteroatoms. The Morgan fingerprint density at radius 1 is 1.22 bits per heavy atom. The highest BCUT2D eigenvalue weighted by molar-refractivity contribution is 5.86. The van der Waals surface area contributed by atoms with Crippen molar-refractivity contribution in [1.29, 1.82) is 5.26 Å². The van der Waals surface area contributed by atoms with Gasteiger partial charge in [-0.2, -0.15) is 5.26 Å². The van der Waals surface area contributed by atoms with Gasteiger partial charge in [0.1, 0.15) is 17.5 Å². The maximum atomic E-state index is 13.5. The molecule has 0 aromatic heterocycles. The minimum Gasteiger partial charge on any atom is -0.444 e. The van der Waals surface area contributed by atoms with Crippen molar-refractivity contribution < 1.29 is 18.7 Å². The number of amides is 2. The van der Waals surface area contributed by atoms with Crippen molar-refractivity contribution in [2.75, 3.05) is 18.0 Å². The first kappa shape index (κ1) is 25.4. The van der Waals surface area contributed by atoms with Gasteiger partial charge in [0.15, 0.2) is 0 Å². The molecule has 176 valence electrons. The summed E-state index contributed by atoms with van der Waals surface area (Å²) in [7, 11) is 0. The van der Waals surface area contributed by atoms with Crippen LogP contribution in [0.1, 0.15) is 59.9 Å². The van der Waals surface area contributed by atoms with Crippen LogP contribution in [0.25, 0.3) is 0 Å². The summed E-state index contributed by atoms with van der Waals surface area (Å²) in [5.74, 6) is -0.629. The van der Waals surface area contributed by atoms with Crippen LogP contribution in [0.4, 0.5) is 14.9 Å². The van der Waals surface area contributed by atoms with Crippen molar-refractivity contribution in [3.8, 4) is 6.07 Å². The maximum Gasteiger partial charge on any atom is 0.408 e. The Kier molecular flexibility index (Phi) is 8.11. The van der Waals surface area contributed by atoms with Gasteiger partial charge in [0.05, 0.1) is 18.5 Å². The Labute approximate surface area is 190 Å². The van der Waals surface area contributed by atoms with Gasteiger partial charge in [-0.3, -0.25) is 4.79 Å². The van der Waals surface area contributed by atoms with Crippen molar-refractivity contribution in [2.45, 2.75) is 78.5 Å². The molecule has 2 amide bonds. The Balaban J connectivity index is 2.10. The van der Waals surface area contributed by atoms with Gasteiger partial charge >= 0.3 is 6.09 Å². The van der Waals surface area contributed by atoms with E-state index in [0.29, 0.717) is 25.9 Å². The number of hydrogen-bond donors (Lipinski definition) is 2. The summed E-state index contributed by atoms with van der Waals surface area (Å²) >= 11 is 0. The van der Waals surface area contributed by atoms with Crippen LogP contribution in [0, 0.1) is 22.6 Å². The van der Waals surface area contributed by atoms with Gasteiger partial charge in [0.2, 0.25) is 5.91 Å². The highest BCUT2D eigenvalue weighted by Gasteiger charge is 2.31. The largest absolute Gasteiger partial charge is 0.444 e. The molecule has 0 bridgehead atoms. The molecule has 7 nitrogen and oxygen atoms in total. The molecule has 1 unspecified atom stereocenters. The number of nitrogens with one attached hydrogen (secondary N) is 2. The first-order valence-corrected chi connectivity index (χ1v) is 11.0. The number of nitriles is 1. The molecule has 1 aromatic rings. The summed E-state index contributed by atoms with van der Waals surface area (Å²) in [4.78, 5) is 27.5. The number of benzene rings is 1. The minimum absolute atomic E-state index is 0.118. The highest BCUT2D eigenvalue weighted by Crippen LogP contribution is 2.29. The second-order valence-electron chi connectivity index (χ2n) is 10.5. The van der Waals surface area contributed by atoms with Gasteiger partial charge in [-0.1, -0.05) is 20.8 Å². The molecule has 2 rings (SSSR count). The van der Waals surface area contributed by atoms with Crippen LogP contribution < -0.4 is 15.5 Å². The van der Waals surface area contributed by atoms with Crippen molar-refractivity contribution >= 4 is 17.7 Å². The van der Waals surface area contributed by atoms with E-state index in [2.05, 4.69) is 21.6 Å². The molecule has 0 radical (unpaired) electrons. The number of rotatable bonds is 7. The average molecular weight is 447 g/mol. The lowest BCUT2D eigenvalue weighted by atomic mass is 9.87. The Bertz CT molecular complexity index is 867. The lowest BCUT2D eigenvalue weighted by Gasteiger charge is -2.30. The molecule has 1 aliphatic heterocycles. The zero-order chi connectivity index (χ0) is 24.1. The summed E-state index contributed by atoms with van der Waals surface area (Å²) in [6.45, 7) is 12.3. The number of nitrogens with zero attached hydrogens (tertiary/aromatic N) is 2. The van der Waals surface area contributed by atoms with Gasteiger partial charge in [-0.15, -0.1) is 0 Å². The first-order valence-electron chi connectivity index (χ1n) is 11.0. The van der Waals surface area contributed by atoms with E-state index < -0.39 is 23.8 Å². The normalized spacial score (nSPS) is 15.4. The smallest absolute Gasteiger partial charge is 0.408 e. The quantitative estimate of drug-likeness (QED) is 0.662. The van der Waals surface area contributed by atoms with Gasteiger partial charge in [0, 0.05) is 18.8 Å². The zero-order valence-electron chi connectivity index (χ0n) is 19.9. The van der Waals surface area contributed by atoms with Crippen LogP contribution in [0.15, 0.2) is 18.2 Å². The summed E-state index contributed by atoms with van der Waals surface area (Å²) in [6.07, 6.45) is 0.582. The molecule has 0 saturated carbocycles. The number of fused-ring (bicyclic) bond motifs is 1. The number of hydrogen-bond acceptors (Lipinski definition) is 5. The van der Waals surface area contributed by atoms with Crippen LogP contribution in [-0.2, 0) is 16.0 Å². The van der Waals surface area contributed by atoms with E-state index >= 15 is 0 Å². The molecular weight excluding hydrogens is 411 g/mol. The van der Waals surface area contributed by atoms with E-state index in [0.717, 1.165) is 11.3 Å². The number of carbonyl (C=O) groups is 2. The molecule has 1 aromatic carbocycles. The fourth-order valence-electron chi connectivity index (χ4n) is 3.74. The Morgan fingerprint density at radius 2 is 1.91 bits per heavy atom. The summed E-state index contributed by atoms with van der Waals surface area (Å²) < 4.78 is 18.8. The van der Waals surface area contributed by atoms with Crippen molar-refractivity contribution in [2.24, 2.45) is 5.41 Å². The van der Waals surface area contributed by atoms with Crippen molar-refractivity contribution in [3.05, 3.63) is 29.6 Å². The van der Waals surface area contributed by atoms with E-state index in [4.69, 9.17) is 4.74 Å². The van der Waals surface area contributed by atoms with Gasteiger partial charge in [0.25, 0.3) is 0 Å². The van der Waals surface area contributed by atoms with E-state index in [1.165, 1.54) is 12.1 Å². The predicted octanol–water partition coefficient (Wildman–Crippen LogP) is 3.92. The summed E-state index contributed by atoms with van der Waals surface area (Å²) in [5.41, 5.74) is 0.935. The highest BCUT2D eigenvalue weighted by atomic mass is 19.1. The number of halogens is 1. The SMILES string of the molecule is CC(C)(C)CC(NC(=O)OC(C)(C)C)C(=O)N[C@@H](CC#N)CN1CCc2cc(F)ccc21. The molecule has 0 fully saturated rings. The van der Waals surface area contributed by atoms with Crippen molar-refractivity contribution in [3.63, 3.8) is 0 Å². The Morgan fingerprint density at radius 3 is 2.50 bits per heavy atom. The fraction of sp³-hybridized carbons (Fsp3) is 0.625.